The fraction of sp³-hybridized carbons (Fsp3) is 0.583. The zero-order chi connectivity index (χ0) is 9.78. The topological polar surface area (TPSA) is 17.1 Å². The molecule has 0 radical (unpaired) electrons. The van der Waals surface area contributed by atoms with Crippen molar-refractivity contribution in [2.75, 3.05) is 0 Å². The second kappa shape index (κ2) is 11.0. The van der Waals surface area contributed by atoms with Gasteiger partial charge in [0.05, 0.1) is 0 Å². The molecule has 72 valence electrons. The van der Waals surface area contributed by atoms with E-state index in [1.807, 2.05) is 6.08 Å². The first-order valence-corrected chi connectivity index (χ1v) is 4.92. The molecule has 0 aliphatic rings. The van der Waals surface area contributed by atoms with Gasteiger partial charge >= 0.3 is 0 Å². The van der Waals surface area contributed by atoms with Gasteiger partial charge in [-0.3, -0.25) is 0 Å². The maximum Gasteiger partial charge on any atom is 0.119 e. The molecule has 0 bridgehead atoms. The fourth-order valence-electron chi connectivity index (χ4n) is 1.03. The van der Waals surface area contributed by atoms with Crippen LogP contribution < -0.4 is 0 Å². The Bertz CT molecular complexity index is 183. The molecule has 0 saturated carbocycles. The smallest absolute Gasteiger partial charge is 0.119 e. The van der Waals surface area contributed by atoms with Gasteiger partial charge in [-0.25, -0.2) is 0 Å². The van der Waals surface area contributed by atoms with Crippen LogP contribution in [0.4, 0.5) is 0 Å². The van der Waals surface area contributed by atoms with Gasteiger partial charge in [-0.1, -0.05) is 24.8 Å². The normalized spacial score (nSPS) is 8.62. The summed E-state index contributed by atoms with van der Waals surface area (Å²) in [4.78, 5) is 9.98. The molecule has 0 aromatic carbocycles. The van der Waals surface area contributed by atoms with Crippen molar-refractivity contribution in [3.05, 3.63) is 12.7 Å². The van der Waals surface area contributed by atoms with Gasteiger partial charge in [0.2, 0.25) is 0 Å². The second-order valence-electron chi connectivity index (χ2n) is 2.97. The Kier molecular flexibility index (Phi) is 10.1. The van der Waals surface area contributed by atoms with E-state index in [-0.39, 0.29) is 0 Å². The zero-order valence-electron chi connectivity index (χ0n) is 8.22. The van der Waals surface area contributed by atoms with E-state index in [1.54, 1.807) is 0 Å². The van der Waals surface area contributed by atoms with Crippen molar-refractivity contribution in [3.63, 3.8) is 0 Å². The van der Waals surface area contributed by atoms with E-state index in [4.69, 9.17) is 0 Å². The van der Waals surface area contributed by atoms with Crippen LogP contribution in [0.3, 0.4) is 0 Å². The highest BCUT2D eigenvalue weighted by Gasteiger charge is 1.87. The highest BCUT2D eigenvalue weighted by atomic mass is 16.1. The molecular weight excluding hydrogens is 160 g/mol. The SMILES string of the molecule is C=CCC#CCCCCCCC=O. The molecule has 0 spiro atoms. The number of hydrogen-bond acceptors (Lipinski definition) is 1. The van der Waals surface area contributed by atoms with Crippen molar-refractivity contribution < 1.29 is 4.79 Å². The Morgan fingerprint density at radius 3 is 2.54 bits per heavy atom. The lowest BCUT2D eigenvalue weighted by atomic mass is 10.1. The number of carbonyl (C=O) groups excluding carboxylic acids is 1. The van der Waals surface area contributed by atoms with E-state index in [9.17, 15) is 4.79 Å². The largest absolute Gasteiger partial charge is 0.303 e. The summed E-state index contributed by atoms with van der Waals surface area (Å²) in [6.45, 7) is 3.59. The third-order valence-corrected chi connectivity index (χ3v) is 1.75. The molecule has 1 heteroatoms. The first kappa shape index (κ1) is 12.0. The number of unbranched alkanes of at least 4 members (excludes halogenated alkanes) is 5. The second-order valence-corrected chi connectivity index (χ2v) is 2.97. The van der Waals surface area contributed by atoms with Gasteiger partial charge in [-0.15, -0.1) is 12.5 Å². The molecule has 0 amide bonds. The molecule has 13 heavy (non-hydrogen) atoms. The van der Waals surface area contributed by atoms with Crippen LogP contribution in [0, 0.1) is 11.8 Å². The van der Waals surface area contributed by atoms with Crippen LogP contribution in [-0.4, -0.2) is 6.29 Å². The van der Waals surface area contributed by atoms with Gasteiger partial charge in [0.15, 0.2) is 0 Å². The summed E-state index contributed by atoms with van der Waals surface area (Å²) in [7, 11) is 0. The predicted molar refractivity (Wildman–Crippen MR) is 56.4 cm³/mol. The Hall–Kier alpha value is -1.03. The van der Waals surface area contributed by atoms with Crippen LogP contribution in [0.2, 0.25) is 0 Å². The molecule has 0 atom stereocenters. The van der Waals surface area contributed by atoms with Crippen molar-refractivity contribution in [2.24, 2.45) is 0 Å². The van der Waals surface area contributed by atoms with E-state index >= 15 is 0 Å². The summed E-state index contributed by atoms with van der Waals surface area (Å²) < 4.78 is 0. The average molecular weight is 178 g/mol. The highest BCUT2D eigenvalue weighted by Crippen LogP contribution is 2.03. The molecule has 1 nitrogen and oxygen atoms in total. The average Bonchev–Trinajstić information content (AvgIpc) is 2.16. The van der Waals surface area contributed by atoms with Gasteiger partial charge in [0.1, 0.15) is 6.29 Å². The standard InChI is InChI=1S/C12H18O/c1-2-3-4-5-6-7-8-9-10-11-12-13/h2,12H,1,3,6-11H2. The Morgan fingerprint density at radius 1 is 1.08 bits per heavy atom. The van der Waals surface area contributed by atoms with Gasteiger partial charge in [-0.05, 0) is 12.8 Å². The Balaban J connectivity index is 3.04. The van der Waals surface area contributed by atoms with Gasteiger partial charge < -0.3 is 4.79 Å². The summed E-state index contributed by atoms with van der Waals surface area (Å²) in [5.41, 5.74) is 0. The molecule has 0 aliphatic carbocycles. The van der Waals surface area contributed by atoms with E-state index in [2.05, 4.69) is 18.4 Å². The van der Waals surface area contributed by atoms with E-state index < -0.39 is 0 Å². The third kappa shape index (κ3) is 11.0. The van der Waals surface area contributed by atoms with Gasteiger partial charge in [0, 0.05) is 19.3 Å². The van der Waals surface area contributed by atoms with Crippen molar-refractivity contribution in [1.82, 2.24) is 0 Å². The number of carbonyl (C=O) groups is 1. The molecule has 0 aliphatic heterocycles. The Labute approximate surface area is 81.2 Å². The number of aldehydes is 1. The van der Waals surface area contributed by atoms with Crippen LogP contribution >= 0.6 is 0 Å². The molecule has 0 saturated heterocycles. The van der Waals surface area contributed by atoms with Gasteiger partial charge in [-0.2, -0.15) is 0 Å². The van der Waals surface area contributed by atoms with Crippen LogP contribution in [0.1, 0.15) is 44.9 Å². The highest BCUT2D eigenvalue weighted by molar-refractivity contribution is 5.48. The molecule has 0 fully saturated rings. The molecular formula is C12H18O. The molecule has 0 rings (SSSR count). The summed E-state index contributed by atoms with van der Waals surface area (Å²) >= 11 is 0. The van der Waals surface area contributed by atoms with Crippen LogP contribution in [0.15, 0.2) is 12.7 Å². The fourth-order valence-corrected chi connectivity index (χ4v) is 1.03. The summed E-state index contributed by atoms with van der Waals surface area (Å²) in [6.07, 6.45) is 9.83. The quantitative estimate of drug-likeness (QED) is 0.253. The van der Waals surface area contributed by atoms with Crippen LogP contribution in [0.25, 0.3) is 0 Å². The van der Waals surface area contributed by atoms with Crippen molar-refractivity contribution >= 4 is 6.29 Å². The van der Waals surface area contributed by atoms with Crippen LogP contribution in [-0.2, 0) is 4.79 Å². The molecule has 0 aromatic rings. The zero-order valence-corrected chi connectivity index (χ0v) is 8.22. The number of allylic oxidation sites excluding steroid dienone is 1. The van der Waals surface area contributed by atoms with Crippen molar-refractivity contribution in [1.29, 1.82) is 0 Å². The molecule has 0 unspecified atom stereocenters. The minimum atomic E-state index is 0.710. The number of hydrogen-bond donors (Lipinski definition) is 0. The first-order chi connectivity index (χ1) is 6.41. The third-order valence-electron chi connectivity index (χ3n) is 1.75. The lowest BCUT2D eigenvalue weighted by molar-refractivity contribution is -0.107. The monoisotopic (exact) mass is 178 g/mol. The van der Waals surface area contributed by atoms with Crippen LogP contribution in [0.5, 0.6) is 0 Å². The Morgan fingerprint density at radius 2 is 1.85 bits per heavy atom. The lowest BCUT2D eigenvalue weighted by Gasteiger charge is -1.93. The lowest BCUT2D eigenvalue weighted by Crippen LogP contribution is -1.79. The summed E-state index contributed by atoms with van der Waals surface area (Å²) in [6, 6.07) is 0. The maximum atomic E-state index is 9.98. The maximum absolute atomic E-state index is 9.98. The summed E-state index contributed by atoms with van der Waals surface area (Å²) in [5, 5.41) is 0. The first-order valence-electron chi connectivity index (χ1n) is 4.92. The minimum absolute atomic E-state index is 0.710. The molecule has 0 aromatic heterocycles. The van der Waals surface area contributed by atoms with Crippen molar-refractivity contribution in [3.8, 4) is 11.8 Å². The van der Waals surface area contributed by atoms with E-state index in [1.165, 1.54) is 6.42 Å². The summed E-state index contributed by atoms with van der Waals surface area (Å²) in [5.74, 6) is 6.10. The minimum Gasteiger partial charge on any atom is -0.303 e. The molecule has 0 N–H and O–H groups in total. The predicted octanol–water partition coefficient (Wildman–Crippen LogP) is 3.11. The van der Waals surface area contributed by atoms with Gasteiger partial charge in [0.25, 0.3) is 0 Å². The number of rotatable bonds is 7. The van der Waals surface area contributed by atoms with Crippen molar-refractivity contribution in [2.45, 2.75) is 44.9 Å². The van der Waals surface area contributed by atoms with E-state index in [0.29, 0.717) is 6.42 Å². The van der Waals surface area contributed by atoms with E-state index in [0.717, 1.165) is 38.4 Å². The molecule has 0 heterocycles.